The zero-order valence-electron chi connectivity index (χ0n) is 14.5. The van der Waals surface area contributed by atoms with Crippen molar-refractivity contribution in [3.05, 3.63) is 47.7 Å². The van der Waals surface area contributed by atoms with Crippen LogP contribution in [0.15, 0.2) is 36.4 Å². The van der Waals surface area contributed by atoms with Crippen LogP contribution in [-0.4, -0.2) is 29.3 Å². The van der Waals surface area contributed by atoms with Crippen molar-refractivity contribution < 1.29 is 9.53 Å². The molecule has 1 aliphatic rings. The maximum atomic E-state index is 11.4. The van der Waals surface area contributed by atoms with Gasteiger partial charge in [0.25, 0.3) is 5.91 Å². The van der Waals surface area contributed by atoms with Crippen molar-refractivity contribution in [3.63, 3.8) is 0 Å². The van der Waals surface area contributed by atoms with Gasteiger partial charge in [0.2, 0.25) is 0 Å². The first-order valence-corrected chi connectivity index (χ1v) is 8.80. The minimum absolute atomic E-state index is 0.243. The van der Waals surface area contributed by atoms with E-state index in [-0.39, 0.29) is 5.91 Å². The number of nitrogens with one attached hydrogen (secondary N) is 2. The summed E-state index contributed by atoms with van der Waals surface area (Å²) in [6.45, 7) is 0.637. The number of aromatic nitrogens is 2. The molecule has 1 heterocycles. The van der Waals surface area contributed by atoms with E-state index in [1.807, 2.05) is 12.1 Å². The van der Waals surface area contributed by atoms with Crippen molar-refractivity contribution in [1.29, 1.82) is 0 Å². The summed E-state index contributed by atoms with van der Waals surface area (Å²) in [5.74, 6) is 1.33. The lowest BCUT2D eigenvalue weighted by molar-refractivity contribution is 0.0957. The normalized spacial score (nSPS) is 14.8. The van der Waals surface area contributed by atoms with E-state index in [0.717, 1.165) is 24.2 Å². The summed E-state index contributed by atoms with van der Waals surface area (Å²) in [6, 6.07) is 11.5. The van der Waals surface area contributed by atoms with E-state index >= 15 is 0 Å². The van der Waals surface area contributed by atoms with Crippen LogP contribution < -0.4 is 15.4 Å². The van der Waals surface area contributed by atoms with E-state index < -0.39 is 0 Å². The van der Waals surface area contributed by atoms with E-state index in [1.165, 1.54) is 19.3 Å². The van der Waals surface area contributed by atoms with Crippen LogP contribution in [0.1, 0.15) is 48.2 Å². The van der Waals surface area contributed by atoms with Gasteiger partial charge in [0, 0.05) is 13.6 Å². The molecule has 0 spiro atoms. The Labute approximate surface area is 148 Å². The molecule has 1 aromatic heterocycles. The van der Waals surface area contributed by atoms with Gasteiger partial charge in [-0.1, -0.05) is 18.6 Å². The first-order chi connectivity index (χ1) is 12.2. The van der Waals surface area contributed by atoms with E-state index in [0.29, 0.717) is 24.2 Å². The number of carbonyl (C=O) groups excluding carboxylic acids is 1. The quantitative estimate of drug-likeness (QED) is 0.845. The molecule has 1 aromatic carbocycles. The predicted molar refractivity (Wildman–Crippen MR) is 96.7 cm³/mol. The maximum Gasteiger partial charge on any atom is 0.271 e. The molecule has 3 rings (SSSR count). The molecular weight excluding hydrogens is 316 g/mol. The summed E-state index contributed by atoms with van der Waals surface area (Å²) in [4.78, 5) is 11.4. The van der Waals surface area contributed by atoms with Gasteiger partial charge in [0.1, 0.15) is 11.6 Å². The Bertz CT molecular complexity index is 680. The Morgan fingerprint density at radius 2 is 1.84 bits per heavy atom. The Hall–Kier alpha value is -2.63. The molecule has 0 bridgehead atoms. The maximum absolute atomic E-state index is 11.4. The number of ether oxygens (including phenoxy) is 1. The summed E-state index contributed by atoms with van der Waals surface area (Å²) in [6.07, 6.45) is 6.56. The third kappa shape index (κ3) is 4.92. The predicted octanol–water partition coefficient (Wildman–Crippen LogP) is 3.16. The SMILES string of the molecule is CNC(=O)c1ccc(NCc2ccc(OC3CCCCC3)cc2)nn1. The summed E-state index contributed by atoms with van der Waals surface area (Å²) in [7, 11) is 1.57. The number of hydrogen-bond acceptors (Lipinski definition) is 5. The highest BCUT2D eigenvalue weighted by atomic mass is 16.5. The van der Waals surface area contributed by atoms with Crippen LogP contribution in [0.4, 0.5) is 5.82 Å². The summed E-state index contributed by atoms with van der Waals surface area (Å²) in [5, 5.41) is 13.6. The van der Waals surface area contributed by atoms with Crippen LogP contribution in [0.5, 0.6) is 5.75 Å². The van der Waals surface area contributed by atoms with Gasteiger partial charge >= 0.3 is 0 Å². The molecule has 0 radical (unpaired) electrons. The molecule has 6 nitrogen and oxygen atoms in total. The number of benzene rings is 1. The van der Waals surface area contributed by atoms with Crippen LogP contribution >= 0.6 is 0 Å². The molecule has 1 amide bonds. The van der Waals surface area contributed by atoms with Gasteiger partial charge in [-0.05, 0) is 55.5 Å². The molecule has 1 saturated carbocycles. The Morgan fingerprint density at radius 3 is 2.48 bits per heavy atom. The average molecular weight is 340 g/mol. The highest BCUT2D eigenvalue weighted by Crippen LogP contribution is 2.23. The zero-order chi connectivity index (χ0) is 17.5. The molecular formula is C19H24N4O2. The Kier molecular flexibility index (Phi) is 5.82. The Balaban J connectivity index is 1.50. The molecule has 25 heavy (non-hydrogen) atoms. The van der Waals surface area contributed by atoms with Crippen LogP contribution in [0.25, 0.3) is 0 Å². The van der Waals surface area contributed by atoms with Crippen LogP contribution in [0.2, 0.25) is 0 Å². The van der Waals surface area contributed by atoms with Crippen molar-refractivity contribution in [1.82, 2.24) is 15.5 Å². The zero-order valence-corrected chi connectivity index (χ0v) is 14.5. The average Bonchev–Trinajstić information content (AvgIpc) is 2.68. The molecule has 6 heteroatoms. The van der Waals surface area contributed by atoms with Crippen molar-refractivity contribution in [2.45, 2.75) is 44.8 Å². The third-order valence-electron chi connectivity index (χ3n) is 4.38. The van der Waals surface area contributed by atoms with Crippen molar-refractivity contribution in [2.75, 3.05) is 12.4 Å². The van der Waals surface area contributed by atoms with Gasteiger partial charge in [-0.3, -0.25) is 4.79 Å². The number of rotatable bonds is 6. The lowest BCUT2D eigenvalue weighted by atomic mass is 9.98. The van der Waals surface area contributed by atoms with Crippen LogP contribution in [0.3, 0.4) is 0 Å². The standard InChI is InChI=1S/C19H24N4O2/c1-20-19(24)17-11-12-18(23-22-17)21-13-14-7-9-16(10-8-14)25-15-5-3-2-4-6-15/h7-12,15H,2-6,13H2,1H3,(H,20,24)(H,21,23). The van der Waals surface area contributed by atoms with Gasteiger partial charge in [-0.2, -0.15) is 0 Å². The largest absolute Gasteiger partial charge is 0.490 e. The minimum Gasteiger partial charge on any atom is -0.490 e. The van der Waals surface area contributed by atoms with Crippen molar-refractivity contribution in [3.8, 4) is 5.75 Å². The van der Waals surface area contributed by atoms with Gasteiger partial charge in [-0.15, -0.1) is 10.2 Å². The first kappa shape index (κ1) is 17.2. The molecule has 2 aromatic rings. The van der Waals surface area contributed by atoms with Gasteiger partial charge in [-0.25, -0.2) is 0 Å². The van der Waals surface area contributed by atoms with Crippen molar-refractivity contribution in [2.24, 2.45) is 0 Å². The second-order valence-corrected chi connectivity index (χ2v) is 6.26. The lowest BCUT2D eigenvalue weighted by Gasteiger charge is -2.23. The van der Waals surface area contributed by atoms with Gasteiger partial charge in [0.15, 0.2) is 5.69 Å². The minimum atomic E-state index is -0.243. The van der Waals surface area contributed by atoms with Gasteiger partial charge < -0.3 is 15.4 Å². The topological polar surface area (TPSA) is 76.1 Å². The molecule has 0 saturated heterocycles. The molecule has 2 N–H and O–H groups in total. The molecule has 0 aliphatic heterocycles. The number of amides is 1. The fourth-order valence-electron chi connectivity index (χ4n) is 2.93. The second kappa shape index (κ2) is 8.46. The van der Waals surface area contributed by atoms with E-state index in [2.05, 4.69) is 33.0 Å². The van der Waals surface area contributed by atoms with E-state index in [4.69, 9.17) is 4.74 Å². The smallest absolute Gasteiger partial charge is 0.271 e. The molecule has 1 fully saturated rings. The van der Waals surface area contributed by atoms with Crippen molar-refractivity contribution >= 4 is 11.7 Å². The highest BCUT2D eigenvalue weighted by Gasteiger charge is 2.14. The van der Waals surface area contributed by atoms with Crippen LogP contribution in [-0.2, 0) is 6.54 Å². The molecule has 0 atom stereocenters. The summed E-state index contributed by atoms with van der Waals surface area (Å²) >= 11 is 0. The lowest BCUT2D eigenvalue weighted by Crippen LogP contribution is -2.19. The summed E-state index contributed by atoms with van der Waals surface area (Å²) < 4.78 is 6.04. The number of hydrogen-bond donors (Lipinski definition) is 2. The second-order valence-electron chi connectivity index (χ2n) is 6.26. The first-order valence-electron chi connectivity index (χ1n) is 8.80. The van der Waals surface area contributed by atoms with Crippen LogP contribution in [0, 0.1) is 0 Å². The highest BCUT2D eigenvalue weighted by molar-refractivity contribution is 5.91. The number of nitrogens with zero attached hydrogens (tertiary/aromatic N) is 2. The number of anilines is 1. The fourth-order valence-corrected chi connectivity index (χ4v) is 2.93. The molecule has 0 unspecified atom stereocenters. The third-order valence-corrected chi connectivity index (χ3v) is 4.38. The van der Waals surface area contributed by atoms with E-state index in [9.17, 15) is 4.79 Å². The fraction of sp³-hybridized carbons (Fsp3) is 0.421. The summed E-state index contributed by atoms with van der Waals surface area (Å²) in [5.41, 5.74) is 1.44. The monoisotopic (exact) mass is 340 g/mol. The van der Waals surface area contributed by atoms with E-state index in [1.54, 1.807) is 19.2 Å². The molecule has 1 aliphatic carbocycles. The number of carbonyl (C=O) groups is 1. The van der Waals surface area contributed by atoms with Gasteiger partial charge in [0.05, 0.1) is 6.10 Å². The molecule has 132 valence electrons. The Morgan fingerprint density at radius 1 is 1.08 bits per heavy atom.